The van der Waals surface area contributed by atoms with Crippen LogP contribution in [0.25, 0.3) is 0 Å². The van der Waals surface area contributed by atoms with Gasteiger partial charge in [-0.25, -0.2) is 8.42 Å². The van der Waals surface area contributed by atoms with Crippen LogP contribution in [0.1, 0.15) is 18.9 Å². The molecule has 0 amide bonds. The van der Waals surface area contributed by atoms with Gasteiger partial charge in [0.1, 0.15) is 5.75 Å². The summed E-state index contributed by atoms with van der Waals surface area (Å²) in [5.74, 6) is 0.849. The van der Waals surface area contributed by atoms with Crippen LogP contribution in [-0.4, -0.2) is 57.3 Å². The van der Waals surface area contributed by atoms with Gasteiger partial charge in [-0.3, -0.25) is 0 Å². The molecule has 1 N–H and O–H groups in total. The van der Waals surface area contributed by atoms with Crippen molar-refractivity contribution >= 4 is 10.0 Å². The summed E-state index contributed by atoms with van der Waals surface area (Å²) >= 11 is 0. The van der Waals surface area contributed by atoms with Crippen molar-refractivity contribution < 1.29 is 23.0 Å². The second kappa shape index (κ2) is 6.63. The highest BCUT2D eigenvalue weighted by molar-refractivity contribution is 7.89. The molecule has 1 aromatic carbocycles. The van der Waals surface area contributed by atoms with Gasteiger partial charge in [0.25, 0.3) is 0 Å². The largest absolute Gasteiger partial charge is 0.494 e. The molecule has 0 aliphatic carbocycles. The topological polar surface area (TPSA) is 76.1 Å². The second-order valence-electron chi connectivity index (χ2n) is 6.72. The molecule has 0 unspecified atom stereocenters. The molecule has 2 heterocycles. The smallest absolute Gasteiger partial charge is 0.243 e. The number of benzene rings is 1. The maximum Gasteiger partial charge on any atom is 0.243 e. The Morgan fingerprint density at radius 2 is 2.25 bits per heavy atom. The molecule has 24 heavy (non-hydrogen) atoms. The van der Waals surface area contributed by atoms with Crippen LogP contribution in [0.2, 0.25) is 0 Å². The zero-order chi connectivity index (χ0) is 17.4. The highest BCUT2D eigenvalue weighted by Crippen LogP contribution is 2.43. The lowest BCUT2D eigenvalue weighted by molar-refractivity contribution is -0.0552. The van der Waals surface area contributed by atoms with E-state index in [0.29, 0.717) is 38.7 Å². The average molecular weight is 355 g/mol. The second-order valence-corrected chi connectivity index (χ2v) is 8.65. The summed E-state index contributed by atoms with van der Waals surface area (Å²) < 4.78 is 38.5. The minimum atomic E-state index is -3.59. The molecule has 1 aromatic rings. The first-order chi connectivity index (χ1) is 11.4. The van der Waals surface area contributed by atoms with E-state index in [4.69, 9.17) is 9.47 Å². The summed E-state index contributed by atoms with van der Waals surface area (Å²) in [6, 6.07) is 4.96. The van der Waals surface area contributed by atoms with E-state index < -0.39 is 15.4 Å². The first-order valence-electron chi connectivity index (χ1n) is 8.35. The summed E-state index contributed by atoms with van der Waals surface area (Å²) in [4.78, 5) is 0.274. The van der Waals surface area contributed by atoms with Gasteiger partial charge in [0.2, 0.25) is 10.0 Å². The molecule has 2 aliphatic rings. The van der Waals surface area contributed by atoms with Crippen LogP contribution in [0.3, 0.4) is 0 Å². The lowest BCUT2D eigenvalue weighted by Gasteiger charge is -2.36. The molecular formula is C17H25NO5S. The van der Waals surface area contributed by atoms with Crippen molar-refractivity contribution in [1.29, 1.82) is 0 Å². The standard InChI is InChI=1S/C17H25NO5S/c1-3-23-16-5-4-15(8-13(16)2)24(20,21)18-9-14-6-7-22-12-17(14,10-18)11-19/h4-5,8,14,19H,3,6-7,9-12H2,1-2H3/t14-,17+/m0/s1. The highest BCUT2D eigenvalue weighted by Gasteiger charge is 2.51. The van der Waals surface area contributed by atoms with E-state index in [-0.39, 0.29) is 17.4 Å². The van der Waals surface area contributed by atoms with Crippen LogP contribution in [-0.2, 0) is 14.8 Å². The highest BCUT2D eigenvalue weighted by atomic mass is 32.2. The number of aliphatic hydroxyl groups excluding tert-OH is 1. The molecule has 2 fully saturated rings. The fourth-order valence-electron chi connectivity index (χ4n) is 3.70. The number of ether oxygens (including phenoxy) is 2. The number of hydrogen-bond acceptors (Lipinski definition) is 5. The zero-order valence-corrected chi connectivity index (χ0v) is 15.0. The molecule has 0 aromatic heterocycles. The molecule has 0 bridgehead atoms. The van der Waals surface area contributed by atoms with Gasteiger partial charge in [-0.1, -0.05) is 0 Å². The van der Waals surface area contributed by atoms with Gasteiger partial charge in [0, 0.05) is 25.1 Å². The van der Waals surface area contributed by atoms with E-state index in [1.54, 1.807) is 18.2 Å². The van der Waals surface area contributed by atoms with E-state index >= 15 is 0 Å². The quantitative estimate of drug-likeness (QED) is 0.864. The van der Waals surface area contributed by atoms with Crippen LogP contribution in [0, 0.1) is 18.3 Å². The Hall–Kier alpha value is -1.15. The fraction of sp³-hybridized carbons (Fsp3) is 0.647. The van der Waals surface area contributed by atoms with Crippen molar-refractivity contribution in [1.82, 2.24) is 4.31 Å². The molecule has 6 nitrogen and oxygen atoms in total. The summed E-state index contributed by atoms with van der Waals surface area (Å²) in [7, 11) is -3.59. The SMILES string of the molecule is CCOc1ccc(S(=O)(=O)N2C[C@@H]3CCOC[C@]3(CO)C2)cc1C. The predicted octanol–water partition coefficient (Wildman–Crippen LogP) is 1.41. The number of aliphatic hydroxyl groups is 1. The van der Waals surface area contributed by atoms with Crippen molar-refractivity contribution in [3.63, 3.8) is 0 Å². The zero-order valence-electron chi connectivity index (χ0n) is 14.2. The number of rotatable bonds is 5. The molecular weight excluding hydrogens is 330 g/mol. The maximum atomic E-state index is 13.0. The molecule has 2 atom stereocenters. The first kappa shape index (κ1) is 17.7. The molecule has 2 aliphatic heterocycles. The first-order valence-corrected chi connectivity index (χ1v) is 9.79. The summed E-state index contributed by atoms with van der Waals surface area (Å²) in [6.07, 6.45) is 0.787. The number of fused-ring (bicyclic) bond motifs is 1. The van der Waals surface area contributed by atoms with Gasteiger partial charge in [-0.15, -0.1) is 0 Å². The van der Waals surface area contributed by atoms with Gasteiger partial charge in [0.15, 0.2) is 0 Å². The number of hydrogen-bond donors (Lipinski definition) is 1. The molecule has 0 spiro atoms. The Kier molecular flexibility index (Phi) is 4.88. The molecule has 2 saturated heterocycles. The van der Waals surface area contributed by atoms with Gasteiger partial charge in [-0.2, -0.15) is 4.31 Å². The van der Waals surface area contributed by atoms with Gasteiger partial charge in [-0.05, 0) is 49.9 Å². The van der Waals surface area contributed by atoms with Crippen LogP contribution in [0.4, 0.5) is 0 Å². The molecule has 134 valence electrons. The van der Waals surface area contributed by atoms with Crippen LogP contribution < -0.4 is 4.74 Å². The fourth-order valence-corrected chi connectivity index (χ4v) is 5.37. The summed E-state index contributed by atoms with van der Waals surface area (Å²) in [6.45, 7) is 6.03. The van der Waals surface area contributed by atoms with Crippen molar-refractivity contribution in [3.05, 3.63) is 23.8 Å². The van der Waals surface area contributed by atoms with E-state index in [9.17, 15) is 13.5 Å². The van der Waals surface area contributed by atoms with E-state index in [0.717, 1.165) is 12.0 Å². The minimum Gasteiger partial charge on any atom is -0.494 e. The molecule has 3 rings (SSSR count). The van der Waals surface area contributed by atoms with Crippen molar-refractivity contribution in [2.24, 2.45) is 11.3 Å². The lowest BCUT2D eigenvalue weighted by Crippen LogP contribution is -2.43. The molecule has 0 radical (unpaired) electrons. The van der Waals surface area contributed by atoms with Gasteiger partial charge < -0.3 is 14.6 Å². The predicted molar refractivity (Wildman–Crippen MR) is 89.6 cm³/mol. The van der Waals surface area contributed by atoms with Gasteiger partial charge >= 0.3 is 0 Å². The average Bonchev–Trinajstić information content (AvgIpc) is 2.98. The van der Waals surface area contributed by atoms with Gasteiger partial charge in [0.05, 0.1) is 24.7 Å². The van der Waals surface area contributed by atoms with Crippen molar-refractivity contribution in [2.75, 3.05) is 39.5 Å². The lowest BCUT2D eigenvalue weighted by atomic mass is 9.76. The van der Waals surface area contributed by atoms with E-state index in [1.807, 2.05) is 13.8 Å². The van der Waals surface area contributed by atoms with Crippen molar-refractivity contribution in [3.8, 4) is 5.75 Å². The normalized spacial score (nSPS) is 27.9. The number of aryl methyl sites for hydroxylation is 1. The molecule has 7 heteroatoms. The van der Waals surface area contributed by atoms with Crippen molar-refractivity contribution in [2.45, 2.75) is 25.2 Å². The Bertz CT molecular complexity index is 705. The van der Waals surface area contributed by atoms with Crippen LogP contribution in [0.15, 0.2) is 23.1 Å². The third-order valence-electron chi connectivity index (χ3n) is 5.18. The van der Waals surface area contributed by atoms with Crippen LogP contribution in [0.5, 0.6) is 5.75 Å². The summed E-state index contributed by atoms with van der Waals surface area (Å²) in [5, 5.41) is 9.83. The third-order valence-corrected chi connectivity index (χ3v) is 6.99. The Morgan fingerprint density at radius 3 is 2.88 bits per heavy atom. The maximum absolute atomic E-state index is 13.0. The number of nitrogens with zero attached hydrogens (tertiary/aromatic N) is 1. The minimum absolute atomic E-state index is 0.0496. The van der Waals surface area contributed by atoms with E-state index in [2.05, 4.69) is 0 Å². The summed E-state index contributed by atoms with van der Waals surface area (Å²) in [5.41, 5.74) is 0.334. The monoisotopic (exact) mass is 355 g/mol. The Morgan fingerprint density at radius 1 is 1.46 bits per heavy atom. The molecule has 0 saturated carbocycles. The Labute approximate surface area is 143 Å². The van der Waals surface area contributed by atoms with Crippen LogP contribution >= 0.6 is 0 Å². The Balaban J connectivity index is 1.87. The number of sulfonamides is 1. The third kappa shape index (κ3) is 2.94. The van der Waals surface area contributed by atoms with E-state index in [1.165, 1.54) is 4.31 Å².